The molecule has 9 heteroatoms. The fourth-order valence-electron chi connectivity index (χ4n) is 5.44. The van der Waals surface area contributed by atoms with Crippen molar-refractivity contribution in [3.63, 3.8) is 0 Å². The van der Waals surface area contributed by atoms with Crippen molar-refractivity contribution in [1.82, 2.24) is 34.7 Å². The fourth-order valence-corrected chi connectivity index (χ4v) is 5.44. The maximum Gasteiger partial charge on any atom is 0.270 e. The monoisotopic (exact) mass is 503 g/mol. The summed E-state index contributed by atoms with van der Waals surface area (Å²) in [6.45, 7) is 3.20. The van der Waals surface area contributed by atoms with Gasteiger partial charge in [-0.15, -0.1) is 0 Å². The molecule has 1 saturated heterocycles. The Morgan fingerprint density at radius 1 is 0.974 bits per heavy atom. The van der Waals surface area contributed by atoms with Crippen LogP contribution in [0.5, 0.6) is 0 Å². The van der Waals surface area contributed by atoms with Crippen LogP contribution in [0.25, 0.3) is 28.2 Å². The highest BCUT2D eigenvalue weighted by molar-refractivity contribution is 5.95. The second-order valence-electron chi connectivity index (χ2n) is 10.0. The SMILES string of the molecule is Cc1cn(-c2cccc(C(=O)N3CC4C(C3)C4NC(=O)c3cccc(-c4nc5ccccc5[nH]4)n3)c2)cn1. The molecule has 0 spiro atoms. The molecular formula is C29H25N7O2. The Bertz CT molecular complexity index is 1660. The zero-order valence-electron chi connectivity index (χ0n) is 20.7. The molecule has 7 rings (SSSR count). The molecular weight excluding hydrogens is 478 g/mol. The Balaban J connectivity index is 0.993. The third-order valence-electron chi connectivity index (χ3n) is 7.50. The molecule has 188 valence electrons. The largest absolute Gasteiger partial charge is 0.347 e. The number of rotatable bonds is 5. The molecule has 1 aliphatic carbocycles. The van der Waals surface area contributed by atoms with E-state index in [9.17, 15) is 9.59 Å². The Labute approximate surface area is 218 Å². The summed E-state index contributed by atoms with van der Waals surface area (Å²) in [4.78, 5) is 44.7. The Morgan fingerprint density at radius 3 is 2.58 bits per heavy atom. The average Bonchev–Trinajstić information content (AvgIpc) is 3.41. The van der Waals surface area contributed by atoms with Crippen molar-refractivity contribution in [3.8, 4) is 17.2 Å². The highest BCUT2D eigenvalue weighted by atomic mass is 16.2. The van der Waals surface area contributed by atoms with Crippen molar-refractivity contribution in [2.75, 3.05) is 13.1 Å². The van der Waals surface area contributed by atoms with Crippen molar-refractivity contribution in [3.05, 3.63) is 96.2 Å². The summed E-state index contributed by atoms with van der Waals surface area (Å²) in [6.07, 6.45) is 3.68. The van der Waals surface area contributed by atoms with Gasteiger partial charge in [0.25, 0.3) is 11.8 Å². The molecule has 2 fully saturated rings. The van der Waals surface area contributed by atoms with Crippen LogP contribution in [-0.4, -0.2) is 60.3 Å². The summed E-state index contributed by atoms with van der Waals surface area (Å²) in [7, 11) is 0. The van der Waals surface area contributed by atoms with Gasteiger partial charge in [-0.3, -0.25) is 9.59 Å². The van der Waals surface area contributed by atoms with Gasteiger partial charge >= 0.3 is 0 Å². The number of carbonyl (C=O) groups is 2. The smallest absolute Gasteiger partial charge is 0.270 e. The minimum Gasteiger partial charge on any atom is -0.347 e. The van der Waals surface area contributed by atoms with Crippen LogP contribution in [0.4, 0.5) is 0 Å². The molecule has 9 nitrogen and oxygen atoms in total. The first kappa shape index (κ1) is 22.4. The third-order valence-corrected chi connectivity index (χ3v) is 7.50. The first-order chi connectivity index (χ1) is 18.5. The summed E-state index contributed by atoms with van der Waals surface area (Å²) in [5.41, 5.74) is 5.24. The average molecular weight is 504 g/mol. The van der Waals surface area contributed by atoms with E-state index >= 15 is 0 Å². The highest BCUT2D eigenvalue weighted by Gasteiger charge is 2.57. The molecule has 2 N–H and O–H groups in total. The molecule has 1 saturated carbocycles. The first-order valence-electron chi connectivity index (χ1n) is 12.7. The van der Waals surface area contributed by atoms with E-state index in [1.54, 1.807) is 12.4 Å². The topological polar surface area (TPSA) is 109 Å². The lowest BCUT2D eigenvalue weighted by Gasteiger charge is -2.20. The van der Waals surface area contributed by atoms with Gasteiger partial charge in [0.05, 0.1) is 23.1 Å². The molecule has 3 aromatic heterocycles. The number of aromatic amines is 1. The number of aromatic nitrogens is 5. The van der Waals surface area contributed by atoms with Crippen LogP contribution in [0.3, 0.4) is 0 Å². The van der Waals surface area contributed by atoms with E-state index in [0.717, 1.165) is 22.4 Å². The first-order valence-corrected chi connectivity index (χ1v) is 12.7. The lowest BCUT2D eigenvalue weighted by Crippen LogP contribution is -2.37. The quantitative estimate of drug-likeness (QED) is 0.381. The van der Waals surface area contributed by atoms with Gasteiger partial charge in [-0.2, -0.15) is 0 Å². The maximum atomic E-state index is 13.2. The number of piperidine rings is 1. The fraction of sp³-hybridized carbons (Fsp3) is 0.207. The molecule has 0 radical (unpaired) electrons. The standard InChI is InChI=1S/C29H25N7O2/c1-17-13-36(16-30-17)19-7-4-6-18(12-19)29(38)35-14-20-21(15-35)26(20)34-28(37)25-11-5-10-24(31-25)27-32-22-8-2-3-9-23(22)33-27/h2-13,16,20-21,26H,14-15H2,1H3,(H,32,33)(H,34,37). The van der Waals surface area contributed by atoms with E-state index in [-0.39, 0.29) is 29.7 Å². The van der Waals surface area contributed by atoms with E-state index in [2.05, 4.69) is 25.3 Å². The van der Waals surface area contributed by atoms with Gasteiger partial charge in [-0.25, -0.2) is 15.0 Å². The lowest BCUT2D eigenvalue weighted by molar-refractivity contribution is 0.0769. The molecule has 2 amide bonds. The number of imidazole rings is 2. The lowest BCUT2D eigenvalue weighted by atomic mass is 10.1. The van der Waals surface area contributed by atoms with Gasteiger partial charge in [-0.1, -0.05) is 24.3 Å². The van der Waals surface area contributed by atoms with E-state index < -0.39 is 0 Å². The summed E-state index contributed by atoms with van der Waals surface area (Å²) < 4.78 is 1.91. The van der Waals surface area contributed by atoms with Gasteiger partial charge < -0.3 is 19.8 Å². The molecule has 2 unspecified atom stereocenters. The summed E-state index contributed by atoms with van der Waals surface area (Å²) in [5, 5.41) is 3.13. The minimum absolute atomic E-state index is 0.0150. The van der Waals surface area contributed by atoms with Crippen molar-refractivity contribution in [2.24, 2.45) is 11.8 Å². The molecule has 4 heterocycles. The number of benzene rings is 2. The van der Waals surface area contributed by atoms with Crippen LogP contribution in [0, 0.1) is 18.8 Å². The highest BCUT2D eigenvalue weighted by Crippen LogP contribution is 2.46. The number of nitrogens with one attached hydrogen (secondary N) is 2. The van der Waals surface area contributed by atoms with E-state index in [4.69, 9.17) is 0 Å². The van der Waals surface area contributed by atoms with E-state index in [1.165, 1.54) is 0 Å². The van der Waals surface area contributed by atoms with E-state index in [0.29, 0.717) is 35.9 Å². The normalized spacial score (nSPS) is 19.9. The van der Waals surface area contributed by atoms with Crippen molar-refractivity contribution in [1.29, 1.82) is 0 Å². The van der Waals surface area contributed by atoms with Crippen LogP contribution >= 0.6 is 0 Å². The number of H-pyrrole nitrogens is 1. The second kappa shape index (κ2) is 8.65. The van der Waals surface area contributed by atoms with Crippen LogP contribution in [0.1, 0.15) is 26.5 Å². The predicted octanol–water partition coefficient (Wildman–Crippen LogP) is 3.62. The van der Waals surface area contributed by atoms with Gasteiger partial charge in [-0.05, 0) is 49.4 Å². The predicted molar refractivity (Wildman–Crippen MR) is 142 cm³/mol. The Kier molecular flexibility index (Phi) is 5.10. The summed E-state index contributed by atoms with van der Waals surface area (Å²) >= 11 is 0. The number of nitrogens with zero attached hydrogens (tertiary/aromatic N) is 5. The summed E-state index contributed by atoms with van der Waals surface area (Å²) in [6, 6.07) is 20.8. The maximum absolute atomic E-state index is 13.2. The molecule has 0 bridgehead atoms. The van der Waals surface area contributed by atoms with Crippen molar-refractivity contribution < 1.29 is 9.59 Å². The van der Waals surface area contributed by atoms with Gasteiger partial charge in [0.1, 0.15) is 11.4 Å². The third kappa shape index (κ3) is 3.92. The molecule has 5 aromatic rings. The van der Waals surface area contributed by atoms with Gasteiger partial charge in [0.2, 0.25) is 0 Å². The number of pyridine rings is 1. The van der Waals surface area contributed by atoms with Gasteiger partial charge in [0, 0.05) is 48.4 Å². The molecule has 1 aliphatic heterocycles. The van der Waals surface area contributed by atoms with Crippen LogP contribution in [0.15, 0.2) is 79.3 Å². The van der Waals surface area contributed by atoms with Crippen LogP contribution in [-0.2, 0) is 0 Å². The number of amides is 2. The van der Waals surface area contributed by atoms with E-state index in [1.807, 2.05) is 83.3 Å². The summed E-state index contributed by atoms with van der Waals surface area (Å²) in [5.74, 6) is 0.970. The Morgan fingerprint density at radius 2 is 1.79 bits per heavy atom. The number of carbonyl (C=O) groups excluding carboxylic acids is 2. The second-order valence-corrected chi connectivity index (χ2v) is 10.0. The number of fused-ring (bicyclic) bond motifs is 2. The number of hydrogen-bond donors (Lipinski definition) is 2. The molecule has 38 heavy (non-hydrogen) atoms. The van der Waals surface area contributed by atoms with Crippen molar-refractivity contribution in [2.45, 2.75) is 13.0 Å². The zero-order chi connectivity index (χ0) is 25.8. The molecule has 2 atom stereocenters. The molecule has 2 aliphatic rings. The van der Waals surface area contributed by atoms with Crippen LogP contribution < -0.4 is 5.32 Å². The number of para-hydroxylation sites is 2. The van der Waals surface area contributed by atoms with Gasteiger partial charge in [0.15, 0.2) is 5.82 Å². The minimum atomic E-state index is -0.205. The van der Waals surface area contributed by atoms with Crippen molar-refractivity contribution >= 4 is 22.8 Å². The zero-order valence-corrected chi connectivity index (χ0v) is 20.7. The number of likely N-dealkylation sites (tertiary alicyclic amines) is 1. The Hall–Kier alpha value is -4.79. The number of aryl methyl sites for hydroxylation is 1. The van der Waals surface area contributed by atoms with Crippen LogP contribution in [0.2, 0.25) is 0 Å². The molecule has 2 aromatic carbocycles. The number of hydrogen-bond acceptors (Lipinski definition) is 5.